The third-order valence-corrected chi connectivity index (χ3v) is 4.40. The molecule has 1 aliphatic heterocycles. The molecule has 0 bridgehead atoms. The second-order valence-corrected chi connectivity index (χ2v) is 6.10. The fourth-order valence-electron chi connectivity index (χ4n) is 3.09. The summed E-state index contributed by atoms with van der Waals surface area (Å²) >= 11 is 0. The molecule has 0 unspecified atom stereocenters. The van der Waals surface area contributed by atoms with Crippen LogP contribution in [0.25, 0.3) is 10.9 Å². The first-order chi connectivity index (χ1) is 11.1. The summed E-state index contributed by atoms with van der Waals surface area (Å²) in [7, 11) is 0. The van der Waals surface area contributed by atoms with Crippen molar-refractivity contribution in [1.29, 1.82) is 0 Å². The molecule has 124 valence electrons. The van der Waals surface area contributed by atoms with Crippen LogP contribution in [-0.4, -0.2) is 54.2 Å². The monoisotopic (exact) mass is 319 g/mol. The van der Waals surface area contributed by atoms with Gasteiger partial charge in [0.05, 0.1) is 13.2 Å². The number of aromatic nitrogens is 1. The summed E-state index contributed by atoms with van der Waals surface area (Å²) in [5.41, 5.74) is 1.01. The molecule has 0 saturated carbocycles. The lowest BCUT2D eigenvalue weighted by molar-refractivity contribution is -0.0178. The molecule has 1 fully saturated rings. The van der Waals surface area contributed by atoms with Gasteiger partial charge < -0.3 is 15.0 Å². The van der Waals surface area contributed by atoms with Crippen LogP contribution in [0.2, 0.25) is 0 Å². The van der Waals surface area contributed by atoms with E-state index in [1.807, 2.05) is 0 Å². The second-order valence-electron chi connectivity index (χ2n) is 6.10. The van der Waals surface area contributed by atoms with Gasteiger partial charge in [0.1, 0.15) is 11.5 Å². The molecule has 2 N–H and O–H groups in total. The Morgan fingerprint density at radius 1 is 1.57 bits per heavy atom. The standard InChI is InChI=1S/C17H22FN3O2/c1-11(21-6-7-23-10-12(21)2)9-19-17(22)16-8-13-14(18)4-3-5-15(13)20-16/h3-5,8,11-12,20H,6-7,9-10H2,1-2H3,(H,19,22)/t11-,12+/m0/s1. The Morgan fingerprint density at radius 3 is 3.13 bits per heavy atom. The number of rotatable bonds is 4. The molecule has 6 heteroatoms. The molecule has 2 atom stereocenters. The topological polar surface area (TPSA) is 57.4 Å². The van der Waals surface area contributed by atoms with Gasteiger partial charge in [0.15, 0.2) is 0 Å². The van der Waals surface area contributed by atoms with Crippen LogP contribution < -0.4 is 5.32 Å². The fraction of sp³-hybridized carbons (Fsp3) is 0.471. The van der Waals surface area contributed by atoms with Crippen LogP contribution in [-0.2, 0) is 4.74 Å². The van der Waals surface area contributed by atoms with E-state index in [-0.39, 0.29) is 17.8 Å². The van der Waals surface area contributed by atoms with E-state index in [1.54, 1.807) is 18.2 Å². The Balaban J connectivity index is 1.63. The molecule has 23 heavy (non-hydrogen) atoms. The Kier molecular flexibility index (Phi) is 4.63. The number of ether oxygens (including phenoxy) is 1. The highest BCUT2D eigenvalue weighted by atomic mass is 19.1. The van der Waals surface area contributed by atoms with Crippen molar-refractivity contribution >= 4 is 16.8 Å². The maximum absolute atomic E-state index is 13.7. The number of benzene rings is 1. The Hall–Kier alpha value is -1.92. The highest BCUT2D eigenvalue weighted by Gasteiger charge is 2.24. The molecule has 1 amide bonds. The summed E-state index contributed by atoms with van der Waals surface area (Å²) in [5.74, 6) is -0.540. The number of carbonyl (C=O) groups excluding carboxylic acids is 1. The van der Waals surface area contributed by atoms with E-state index in [0.29, 0.717) is 29.2 Å². The van der Waals surface area contributed by atoms with Crippen molar-refractivity contribution < 1.29 is 13.9 Å². The van der Waals surface area contributed by atoms with Gasteiger partial charge in [-0.1, -0.05) is 6.07 Å². The third kappa shape index (κ3) is 3.38. The minimum atomic E-state index is -0.326. The highest BCUT2D eigenvalue weighted by Crippen LogP contribution is 2.18. The lowest BCUT2D eigenvalue weighted by Crippen LogP contribution is -2.51. The fourth-order valence-corrected chi connectivity index (χ4v) is 3.09. The molecule has 2 aromatic rings. The molecule has 2 heterocycles. The number of hydrogen-bond acceptors (Lipinski definition) is 3. The number of morpholine rings is 1. The molecule has 1 saturated heterocycles. The summed E-state index contributed by atoms with van der Waals surface area (Å²) in [6, 6.07) is 6.89. The number of fused-ring (bicyclic) bond motifs is 1. The Labute approximate surface area is 134 Å². The van der Waals surface area contributed by atoms with Gasteiger partial charge in [0.2, 0.25) is 0 Å². The van der Waals surface area contributed by atoms with Crippen LogP contribution in [0.1, 0.15) is 24.3 Å². The lowest BCUT2D eigenvalue weighted by atomic mass is 10.2. The Morgan fingerprint density at radius 2 is 2.39 bits per heavy atom. The molecular weight excluding hydrogens is 297 g/mol. The van der Waals surface area contributed by atoms with Crippen LogP contribution in [0.15, 0.2) is 24.3 Å². The molecule has 0 radical (unpaired) electrons. The zero-order valence-electron chi connectivity index (χ0n) is 13.4. The van der Waals surface area contributed by atoms with E-state index in [0.717, 1.165) is 19.8 Å². The maximum atomic E-state index is 13.7. The average Bonchev–Trinajstić information content (AvgIpc) is 2.98. The number of halogens is 1. The van der Waals surface area contributed by atoms with Crippen LogP contribution in [0.4, 0.5) is 4.39 Å². The van der Waals surface area contributed by atoms with Crippen molar-refractivity contribution in [1.82, 2.24) is 15.2 Å². The molecule has 0 aliphatic carbocycles. The van der Waals surface area contributed by atoms with Crippen molar-refractivity contribution in [2.75, 3.05) is 26.3 Å². The van der Waals surface area contributed by atoms with Gasteiger partial charge in [-0.25, -0.2) is 4.39 Å². The van der Waals surface area contributed by atoms with Gasteiger partial charge >= 0.3 is 0 Å². The van der Waals surface area contributed by atoms with Crippen LogP contribution in [0.3, 0.4) is 0 Å². The number of H-pyrrole nitrogens is 1. The lowest BCUT2D eigenvalue weighted by Gasteiger charge is -2.37. The summed E-state index contributed by atoms with van der Waals surface area (Å²) < 4.78 is 19.1. The normalized spacial score (nSPS) is 20.6. The van der Waals surface area contributed by atoms with E-state index in [4.69, 9.17) is 4.74 Å². The third-order valence-electron chi connectivity index (χ3n) is 4.40. The number of amides is 1. The highest BCUT2D eigenvalue weighted by molar-refractivity contribution is 5.98. The van der Waals surface area contributed by atoms with Gasteiger partial charge in [-0.3, -0.25) is 9.69 Å². The van der Waals surface area contributed by atoms with E-state index in [9.17, 15) is 9.18 Å². The summed E-state index contributed by atoms with van der Waals surface area (Å²) in [6.45, 7) is 7.07. The number of aromatic amines is 1. The SMILES string of the molecule is C[C@@H]1COCCN1[C@@H](C)CNC(=O)c1cc2c(F)cccc2[nH]1. The maximum Gasteiger partial charge on any atom is 0.267 e. The first-order valence-electron chi connectivity index (χ1n) is 7.95. The predicted molar refractivity (Wildman–Crippen MR) is 87.0 cm³/mol. The minimum absolute atomic E-state index is 0.214. The quantitative estimate of drug-likeness (QED) is 0.908. The summed E-state index contributed by atoms with van der Waals surface area (Å²) in [4.78, 5) is 17.6. The van der Waals surface area contributed by atoms with Crippen LogP contribution >= 0.6 is 0 Å². The zero-order valence-corrected chi connectivity index (χ0v) is 13.4. The minimum Gasteiger partial charge on any atom is -0.379 e. The molecule has 1 aliphatic rings. The number of carbonyl (C=O) groups is 1. The van der Waals surface area contributed by atoms with E-state index >= 15 is 0 Å². The zero-order chi connectivity index (χ0) is 16.4. The molecular formula is C17H22FN3O2. The van der Waals surface area contributed by atoms with Gasteiger partial charge in [0, 0.05) is 36.1 Å². The van der Waals surface area contributed by atoms with Crippen molar-refractivity contribution in [2.24, 2.45) is 0 Å². The smallest absolute Gasteiger partial charge is 0.267 e. The molecule has 3 rings (SSSR count). The van der Waals surface area contributed by atoms with E-state index < -0.39 is 0 Å². The molecule has 1 aromatic heterocycles. The first-order valence-corrected chi connectivity index (χ1v) is 7.95. The van der Waals surface area contributed by atoms with E-state index in [2.05, 4.69) is 29.0 Å². The average molecular weight is 319 g/mol. The van der Waals surface area contributed by atoms with Gasteiger partial charge in [-0.05, 0) is 32.0 Å². The van der Waals surface area contributed by atoms with Crippen molar-refractivity contribution in [3.8, 4) is 0 Å². The number of nitrogens with zero attached hydrogens (tertiary/aromatic N) is 1. The van der Waals surface area contributed by atoms with Gasteiger partial charge in [-0.2, -0.15) is 0 Å². The molecule has 5 nitrogen and oxygen atoms in total. The van der Waals surface area contributed by atoms with Gasteiger partial charge in [0.25, 0.3) is 5.91 Å². The van der Waals surface area contributed by atoms with Crippen molar-refractivity contribution in [3.63, 3.8) is 0 Å². The van der Waals surface area contributed by atoms with Crippen molar-refractivity contribution in [3.05, 3.63) is 35.8 Å². The largest absolute Gasteiger partial charge is 0.379 e. The second kappa shape index (κ2) is 6.68. The van der Waals surface area contributed by atoms with Gasteiger partial charge in [-0.15, -0.1) is 0 Å². The summed E-state index contributed by atoms with van der Waals surface area (Å²) in [6.07, 6.45) is 0. The summed E-state index contributed by atoms with van der Waals surface area (Å²) in [5, 5.41) is 3.36. The van der Waals surface area contributed by atoms with Crippen LogP contribution in [0, 0.1) is 5.82 Å². The Bertz CT molecular complexity index is 700. The molecule has 1 aromatic carbocycles. The number of nitrogens with one attached hydrogen (secondary N) is 2. The molecule has 0 spiro atoms. The van der Waals surface area contributed by atoms with Crippen molar-refractivity contribution in [2.45, 2.75) is 25.9 Å². The first kappa shape index (κ1) is 16.0. The number of hydrogen-bond donors (Lipinski definition) is 2. The van der Waals surface area contributed by atoms with E-state index in [1.165, 1.54) is 6.07 Å². The van der Waals surface area contributed by atoms with Crippen LogP contribution in [0.5, 0.6) is 0 Å². The predicted octanol–water partition coefficient (Wildman–Crippen LogP) is 2.15.